The normalized spacial score (nSPS) is 11.8. The maximum atomic E-state index is 12.1. The molecule has 1 heterocycles. The third-order valence-corrected chi connectivity index (χ3v) is 3.40. The molecule has 0 saturated heterocycles. The van der Waals surface area contributed by atoms with Crippen molar-refractivity contribution in [1.82, 2.24) is 15.1 Å². The first kappa shape index (κ1) is 16.0. The molecule has 2 rings (SSSR count). The fraction of sp³-hybridized carbons (Fsp3) is 0.333. The first-order valence-electron chi connectivity index (χ1n) is 7.39. The minimum atomic E-state index is -0.0317. The summed E-state index contributed by atoms with van der Waals surface area (Å²) in [4.78, 5) is 13.8. The Bertz CT molecular complexity index is 650. The van der Waals surface area contributed by atoms with Gasteiger partial charge in [-0.3, -0.25) is 9.89 Å². The zero-order valence-electron chi connectivity index (χ0n) is 13.6. The fourth-order valence-electron chi connectivity index (χ4n) is 2.02. The first-order valence-corrected chi connectivity index (χ1v) is 7.39. The third-order valence-electron chi connectivity index (χ3n) is 3.40. The number of hydrogen-bond acceptors (Lipinski definition) is 2. The van der Waals surface area contributed by atoms with Crippen molar-refractivity contribution >= 4 is 12.0 Å². The van der Waals surface area contributed by atoms with E-state index in [1.54, 1.807) is 18.0 Å². The Morgan fingerprint density at radius 3 is 2.55 bits per heavy atom. The summed E-state index contributed by atoms with van der Waals surface area (Å²) in [6.07, 6.45) is 3.42. The predicted octanol–water partition coefficient (Wildman–Crippen LogP) is 3.38. The van der Waals surface area contributed by atoms with E-state index in [2.05, 4.69) is 31.0 Å². The van der Waals surface area contributed by atoms with Gasteiger partial charge in [0.1, 0.15) is 0 Å². The molecule has 1 aromatic carbocycles. The number of hydrogen-bond donors (Lipinski definition) is 1. The Labute approximate surface area is 131 Å². The molecule has 4 heteroatoms. The van der Waals surface area contributed by atoms with Crippen molar-refractivity contribution in [1.29, 1.82) is 0 Å². The lowest BCUT2D eigenvalue weighted by molar-refractivity contribution is -0.125. The smallest absolute Gasteiger partial charge is 0.246 e. The molecule has 0 aliphatic carbocycles. The third kappa shape index (κ3) is 4.32. The van der Waals surface area contributed by atoms with Gasteiger partial charge in [0.15, 0.2) is 0 Å². The Morgan fingerprint density at radius 1 is 1.27 bits per heavy atom. The number of rotatable bonds is 4. The van der Waals surface area contributed by atoms with Crippen LogP contribution in [0.2, 0.25) is 0 Å². The summed E-state index contributed by atoms with van der Waals surface area (Å²) >= 11 is 0. The van der Waals surface area contributed by atoms with Crippen LogP contribution in [-0.2, 0) is 16.8 Å². The minimum Gasteiger partial charge on any atom is -0.336 e. The summed E-state index contributed by atoms with van der Waals surface area (Å²) in [5, 5.41) is 7.32. The molecule has 0 aliphatic heterocycles. The number of carbonyl (C=O) groups is 1. The number of nitrogens with one attached hydrogen (secondary N) is 1. The van der Waals surface area contributed by atoms with Gasteiger partial charge in [-0.05, 0) is 17.7 Å². The number of nitrogens with zero attached hydrogens (tertiary/aromatic N) is 2. The maximum absolute atomic E-state index is 12.1. The fourth-order valence-corrected chi connectivity index (χ4v) is 2.02. The van der Waals surface area contributed by atoms with Crippen LogP contribution in [0.4, 0.5) is 0 Å². The van der Waals surface area contributed by atoms with Crippen LogP contribution in [0.25, 0.3) is 6.08 Å². The number of aromatic amines is 1. The highest BCUT2D eigenvalue weighted by molar-refractivity contribution is 5.91. The number of H-pyrrole nitrogens is 1. The number of likely N-dealkylation sites (N-methyl/N-ethyl adjacent to an activating group) is 1. The average molecular weight is 297 g/mol. The number of aromatic nitrogens is 2. The van der Waals surface area contributed by atoms with Crippen molar-refractivity contribution in [2.24, 2.45) is 0 Å². The highest BCUT2D eigenvalue weighted by atomic mass is 16.2. The second-order valence-electron chi connectivity index (χ2n) is 6.47. The van der Waals surface area contributed by atoms with Gasteiger partial charge in [0.2, 0.25) is 5.91 Å². The second kappa shape index (κ2) is 6.60. The van der Waals surface area contributed by atoms with Gasteiger partial charge in [0.05, 0.1) is 17.9 Å². The van der Waals surface area contributed by atoms with E-state index >= 15 is 0 Å². The quantitative estimate of drug-likeness (QED) is 0.880. The molecule has 0 atom stereocenters. The van der Waals surface area contributed by atoms with E-state index in [4.69, 9.17) is 0 Å². The van der Waals surface area contributed by atoms with Crippen LogP contribution in [-0.4, -0.2) is 28.1 Å². The van der Waals surface area contributed by atoms with Crippen LogP contribution in [0.15, 0.2) is 42.5 Å². The SMILES string of the molecule is CN(Cc1cc(C(C)(C)C)n[nH]1)C(=O)/C=C/c1ccccc1. The zero-order chi connectivity index (χ0) is 16.2. The molecule has 116 valence electrons. The largest absolute Gasteiger partial charge is 0.336 e. The first-order chi connectivity index (χ1) is 10.4. The van der Waals surface area contributed by atoms with Crippen LogP contribution in [0.3, 0.4) is 0 Å². The Kier molecular flexibility index (Phi) is 4.81. The lowest BCUT2D eigenvalue weighted by Gasteiger charge is -2.14. The van der Waals surface area contributed by atoms with Crippen molar-refractivity contribution in [3.8, 4) is 0 Å². The molecule has 1 aromatic heterocycles. The molecule has 0 aliphatic rings. The van der Waals surface area contributed by atoms with Gasteiger partial charge < -0.3 is 4.90 Å². The highest BCUT2D eigenvalue weighted by Crippen LogP contribution is 2.20. The maximum Gasteiger partial charge on any atom is 0.246 e. The Morgan fingerprint density at radius 2 is 1.95 bits per heavy atom. The summed E-state index contributed by atoms with van der Waals surface area (Å²) in [5.41, 5.74) is 2.96. The number of carbonyl (C=O) groups excluding carboxylic acids is 1. The topological polar surface area (TPSA) is 49.0 Å². The molecular weight excluding hydrogens is 274 g/mol. The van der Waals surface area contributed by atoms with Crippen molar-refractivity contribution in [2.75, 3.05) is 7.05 Å². The summed E-state index contributed by atoms with van der Waals surface area (Å²) in [6.45, 7) is 6.86. The van der Waals surface area contributed by atoms with E-state index < -0.39 is 0 Å². The van der Waals surface area contributed by atoms with Crippen LogP contribution >= 0.6 is 0 Å². The van der Waals surface area contributed by atoms with Crippen molar-refractivity contribution < 1.29 is 4.79 Å². The second-order valence-corrected chi connectivity index (χ2v) is 6.47. The standard InChI is InChI=1S/C18H23N3O/c1-18(2,3)16-12-15(19-20-16)13-21(4)17(22)11-10-14-8-6-5-7-9-14/h5-12H,13H2,1-4H3,(H,19,20)/b11-10+. The zero-order valence-corrected chi connectivity index (χ0v) is 13.6. The Balaban J connectivity index is 1.97. The summed E-state index contributed by atoms with van der Waals surface area (Å²) in [5.74, 6) is -0.0317. The lowest BCUT2D eigenvalue weighted by Crippen LogP contribution is -2.24. The van der Waals surface area contributed by atoms with Crippen molar-refractivity contribution in [3.05, 3.63) is 59.4 Å². The highest BCUT2D eigenvalue weighted by Gasteiger charge is 2.18. The molecule has 2 aromatic rings. The lowest BCUT2D eigenvalue weighted by atomic mass is 9.92. The molecule has 0 unspecified atom stereocenters. The molecule has 0 saturated carbocycles. The van der Waals surface area contributed by atoms with Crippen molar-refractivity contribution in [3.63, 3.8) is 0 Å². The van der Waals surface area contributed by atoms with Crippen LogP contribution < -0.4 is 0 Å². The van der Waals surface area contributed by atoms with E-state index in [-0.39, 0.29) is 11.3 Å². The molecule has 0 bridgehead atoms. The molecule has 1 amide bonds. The van der Waals surface area contributed by atoms with Crippen LogP contribution in [0.5, 0.6) is 0 Å². The van der Waals surface area contributed by atoms with Gasteiger partial charge in [0, 0.05) is 18.5 Å². The molecule has 4 nitrogen and oxygen atoms in total. The van der Waals surface area contributed by atoms with Crippen molar-refractivity contribution in [2.45, 2.75) is 32.7 Å². The Hall–Kier alpha value is -2.36. The van der Waals surface area contributed by atoms with Gasteiger partial charge in [-0.1, -0.05) is 51.1 Å². The van der Waals surface area contributed by atoms with E-state index in [9.17, 15) is 4.79 Å². The summed E-state index contributed by atoms with van der Waals surface area (Å²) in [7, 11) is 1.79. The molecule has 1 N–H and O–H groups in total. The molecular formula is C18H23N3O. The molecule has 0 fully saturated rings. The molecule has 0 radical (unpaired) electrons. The molecule has 0 spiro atoms. The predicted molar refractivity (Wildman–Crippen MR) is 89.2 cm³/mol. The van der Waals surface area contributed by atoms with E-state index in [1.165, 1.54) is 0 Å². The van der Waals surface area contributed by atoms with Gasteiger partial charge in [0.25, 0.3) is 0 Å². The number of benzene rings is 1. The van der Waals surface area contributed by atoms with E-state index in [1.807, 2.05) is 42.5 Å². The van der Waals surface area contributed by atoms with Gasteiger partial charge >= 0.3 is 0 Å². The van der Waals surface area contributed by atoms with Crippen LogP contribution in [0, 0.1) is 0 Å². The van der Waals surface area contributed by atoms with E-state index in [0.717, 1.165) is 17.0 Å². The minimum absolute atomic E-state index is 0.00451. The summed E-state index contributed by atoms with van der Waals surface area (Å²) in [6, 6.07) is 11.8. The van der Waals surface area contributed by atoms with Gasteiger partial charge in [-0.2, -0.15) is 5.10 Å². The average Bonchev–Trinajstić information content (AvgIpc) is 2.94. The monoisotopic (exact) mass is 297 g/mol. The van der Waals surface area contributed by atoms with Gasteiger partial charge in [-0.15, -0.1) is 0 Å². The summed E-state index contributed by atoms with van der Waals surface area (Å²) < 4.78 is 0. The molecule has 22 heavy (non-hydrogen) atoms. The van der Waals surface area contributed by atoms with E-state index in [0.29, 0.717) is 6.54 Å². The van der Waals surface area contributed by atoms with Crippen LogP contribution in [0.1, 0.15) is 37.7 Å². The van der Waals surface area contributed by atoms with Gasteiger partial charge in [-0.25, -0.2) is 0 Å². The number of amides is 1.